The zero-order valence-electron chi connectivity index (χ0n) is 18.6. The van der Waals surface area contributed by atoms with E-state index in [0.717, 1.165) is 51.4 Å². The summed E-state index contributed by atoms with van der Waals surface area (Å²) in [5, 5.41) is 21.0. The fourth-order valence-electron chi connectivity index (χ4n) is 4.02. The normalized spacial score (nSPS) is 25.3. The van der Waals surface area contributed by atoms with E-state index in [4.69, 9.17) is 4.74 Å². The molecule has 0 aromatic rings. The number of carbonyl (C=O) groups excluding carboxylic acids is 2. The molecule has 6 heteroatoms. The minimum Gasteiger partial charge on any atom is -0.469 e. The topological polar surface area (TPSA) is 93.1 Å². The molecule has 168 valence electrons. The second kappa shape index (κ2) is 13.1. The van der Waals surface area contributed by atoms with Crippen molar-refractivity contribution in [2.24, 2.45) is 11.8 Å². The largest absolute Gasteiger partial charge is 0.469 e. The summed E-state index contributed by atoms with van der Waals surface area (Å²) in [6.07, 6.45) is 9.58. The molecule has 6 nitrogen and oxygen atoms in total. The fraction of sp³-hybridized carbons (Fsp3) is 0.826. The van der Waals surface area contributed by atoms with E-state index in [1.165, 1.54) is 7.11 Å². The van der Waals surface area contributed by atoms with Gasteiger partial charge in [-0.25, -0.2) is 0 Å². The lowest BCUT2D eigenvalue weighted by Gasteiger charge is -2.32. The van der Waals surface area contributed by atoms with E-state index in [0.29, 0.717) is 6.42 Å². The lowest BCUT2D eigenvalue weighted by molar-refractivity contribution is -0.140. The molecule has 29 heavy (non-hydrogen) atoms. The average Bonchev–Trinajstić information content (AvgIpc) is 2.98. The Morgan fingerprint density at radius 1 is 1.24 bits per heavy atom. The molecular weight excluding hydrogens is 372 g/mol. The molecule has 5 atom stereocenters. The van der Waals surface area contributed by atoms with Gasteiger partial charge in [0.05, 0.1) is 18.8 Å². The molecule has 1 unspecified atom stereocenters. The van der Waals surface area contributed by atoms with Gasteiger partial charge in [-0.3, -0.25) is 9.59 Å². The Kier molecular flexibility index (Phi) is 11.7. The first-order chi connectivity index (χ1) is 13.8. The second-order valence-electron chi connectivity index (χ2n) is 8.40. The molecule has 1 fully saturated rings. The molecule has 0 bridgehead atoms. The third kappa shape index (κ3) is 8.19. The van der Waals surface area contributed by atoms with Gasteiger partial charge in [0, 0.05) is 31.8 Å². The van der Waals surface area contributed by atoms with Gasteiger partial charge in [0.2, 0.25) is 0 Å². The molecule has 0 aromatic carbocycles. The number of hydrogen-bond donors (Lipinski definition) is 2. The van der Waals surface area contributed by atoms with Crippen LogP contribution >= 0.6 is 0 Å². The molecule has 0 radical (unpaired) electrons. The van der Waals surface area contributed by atoms with Gasteiger partial charge >= 0.3 is 5.97 Å². The molecule has 0 saturated heterocycles. The Morgan fingerprint density at radius 3 is 2.55 bits per heavy atom. The van der Waals surface area contributed by atoms with Crippen molar-refractivity contribution in [3.05, 3.63) is 12.2 Å². The number of aliphatic hydroxyl groups is 2. The molecule has 1 aliphatic rings. The van der Waals surface area contributed by atoms with Crippen LogP contribution in [0.1, 0.15) is 78.1 Å². The predicted molar refractivity (Wildman–Crippen MR) is 112 cm³/mol. The Labute approximate surface area is 175 Å². The number of aliphatic hydroxyl groups excluding tert-OH is 2. The van der Waals surface area contributed by atoms with Crippen LogP contribution in [0.4, 0.5) is 0 Å². The van der Waals surface area contributed by atoms with E-state index >= 15 is 0 Å². The maximum atomic E-state index is 12.3. The van der Waals surface area contributed by atoms with Gasteiger partial charge in [0.25, 0.3) is 0 Å². The molecule has 0 spiro atoms. The lowest BCUT2D eigenvalue weighted by atomic mass is 9.86. The standard InChI is InChI=1S/C23H40O6/c1-5-6-15-23(2,29-4)21(26)14-13-18-17(19(24)16-20(18)25)11-9-7-8-10-12-22(27)28-3/h13-14,17-18,20-21,25-26H,5-12,15-16H2,1-4H3/b14-13+/t17-,18?,20-,21+,23+/m1/s1. The van der Waals surface area contributed by atoms with E-state index in [1.54, 1.807) is 13.2 Å². The number of unbranched alkanes of at least 4 members (excludes halogenated alkanes) is 4. The molecule has 0 amide bonds. The van der Waals surface area contributed by atoms with E-state index < -0.39 is 17.8 Å². The molecule has 2 N–H and O–H groups in total. The van der Waals surface area contributed by atoms with Gasteiger partial charge in [-0.15, -0.1) is 0 Å². The van der Waals surface area contributed by atoms with Crippen molar-refractivity contribution >= 4 is 11.8 Å². The number of ether oxygens (including phenoxy) is 2. The number of rotatable bonds is 14. The number of esters is 1. The van der Waals surface area contributed by atoms with Crippen LogP contribution in [0.25, 0.3) is 0 Å². The van der Waals surface area contributed by atoms with Crippen molar-refractivity contribution in [1.82, 2.24) is 0 Å². The maximum absolute atomic E-state index is 12.3. The van der Waals surface area contributed by atoms with Gasteiger partial charge in [-0.05, 0) is 26.2 Å². The van der Waals surface area contributed by atoms with Crippen molar-refractivity contribution in [2.75, 3.05) is 14.2 Å². The zero-order chi connectivity index (χ0) is 21.9. The van der Waals surface area contributed by atoms with Crippen LogP contribution in [0.2, 0.25) is 0 Å². The molecule has 1 rings (SSSR count). The highest BCUT2D eigenvalue weighted by Crippen LogP contribution is 2.35. The summed E-state index contributed by atoms with van der Waals surface area (Å²) in [6.45, 7) is 3.98. The maximum Gasteiger partial charge on any atom is 0.305 e. The van der Waals surface area contributed by atoms with Crippen LogP contribution in [0, 0.1) is 11.8 Å². The predicted octanol–water partition coefficient (Wildman–Crippen LogP) is 3.58. The molecule has 1 saturated carbocycles. The van der Waals surface area contributed by atoms with Gasteiger partial charge < -0.3 is 19.7 Å². The summed E-state index contributed by atoms with van der Waals surface area (Å²) < 4.78 is 10.2. The van der Waals surface area contributed by atoms with Gasteiger partial charge in [0.15, 0.2) is 0 Å². The third-order valence-corrected chi connectivity index (χ3v) is 6.24. The lowest BCUT2D eigenvalue weighted by Crippen LogP contribution is -2.40. The molecule has 0 aliphatic heterocycles. The highest BCUT2D eigenvalue weighted by Gasteiger charge is 2.40. The Bertz CT molecular complexity index is 531. The van der Waals surface area contributed by atoms with Crippen molar-refractivity contribution in [3.8, 4) is 0 Å². The van der Waals surface area contributed by atoms with Crippen LogP contribution in [0.15, 0.2) is 12.2 Å². The number of methoxy groups -OCH3 is 2. The summed E-state index contributed by atoms with van der Waals surface area (Å²) in [4.78, 5) is 23.5. The van der Waals surface area contributed by atoms with Crippen LogP contribution in [-0.4, -0.2) is 54.0 Å². The fourth-order valence-corrected chi connectivity index (χ4v) is 4.02. The summed E-state index contributed by atoms with van der Waals surface area (Å²) >= 11 is 0. The zero-order valence-corrected chi connectivity index (χ0v) is 18.6. The summed E-state index contributed by atoms with van der Waals surface area (Å²) in [6, 6.07) is 0. The average molecular weight is 413 g/mol. The SMILES string of the molecule is CCCC[C@](C)(OC)[C@@H](O)/C=C/C1[C@H](O)CC(=O)[C@@H]1CCCCCCC(=O)OC. The first kappa shape index (κ1) is 25.8. The van der Waals surface area contributed by atoms with Crippen LogP contribution < -0.4 is 0 Å². The van der Waals surface area contributed by atoms with E-state index in [-0.39, 0.29) is 30.0 Å². The minimum atomic E-state index is -0.791. The van der Waals surface area contributed by atoms with E-state index in [1.807, 2.05) is 13.0 Å². The quantitative estimate of drug-likeness (QED) is 0.257. The first-order valence-corrected chi connectivity index (χ1v) is 11.0. The van der Waals surface area contributed by atoms with Crippen molar-refractivity contribution in [3.63, 3.8) is 0 Å². The van der Waals surface area contributed by atoms with Crippen LogP contribution in [0.5, 0.6) is 0 Å². The third-order valence-electron chi connectivity index (χ3n) is 6.24. The van der Waals surface area contributed by atoms with Crippen molar-refractivity contribution in [2.45, 2.75) is 95.9 Å². The Morgan fingerprint density at radius 2 is 1.93 bits per heavy atom. The number of carbonyl (C=O) groups is 2. The number of hydrogen-bond acceptors (Lipinski definition) is 6. The Hall–Kier alpha value is -1.24. The minimum absolute atomic E-state index is 0.0942. The van der Waals surface area contributed by atoms with Crippen molar-refractivity contribution < 1.29 is 29.3 Å². The van der Waals surface area contributed by atoms with Gasteiger partial charge in [-0.2, -0.15) is 0 Å². The molecule has 0 aromatic heterocycles. The van der Waals surface area contributed by atoms with Gasteiger partial charge in [0.1, 0.15) is 11.9 Å². The highest BCUT2D eigenvalue weighted by atomic mass is 16.5. The number of Topliss-reactive ketones (excluding diaryl/α,β-unsaturated/α-hetero) is 1. The van der Waals surface area contributed by atoms with Crippen LogP contribution in [0.3, 0.4) is 0 Å². The first-order valence-electron chi connectivity index (χ1n) is 11.0. The second-order valence-corrected chi connectivity index (χ2v) is 8.40. The smallest absolute Gasteiger partial charge is 0.305 e. The number of ketones is 1. The monoisotopic (exact) mass is 412 g/mol. The highest BCUT2D eigenvalue weighted by molar-refractivity contribution is 5.84. The molecular formula is C23H40O6. The Balaban J connectivity index is 2.57. The van der Waals surface area contributed by atoms with Crippen LogP contribution in [-0.2, 0) is 19.1 Å². The summed E-state index contributed by atoms with van der Waals surface area (Å²) in [5.41, 5.74) is -0.671. The van der Waals surface area contributed by atoms with Crippen molar-refractivity contribution in [1.29, 1.82) is 0 Å². The molecule has 0 heterocycles. The van der Waals surface area contributed by atoms with Gasteiger partial charge in [-0.1, -0.05) is 51.2 Å². The molecule has 1 aliphatic carbocycles. The summed E-state index contributed by atoms with van der Waals surface area (Å²) in [7, 11) is 2.99. The van der Waals surface area contributed by atoms with E-state index in [2.05, 4.69) is 11.7 Å². The summed E-state index contributed by atoms with van der Waals surface area (Å²) in [5.74, 6) is -0.570. The van der Waals surface area contributed by atoms with E-state index in [9.17, 15) is 19.8 Å².